The zero-order valence-corrected chi connectivity index (χ0v) is 12.1. The maximum Gasteiger partial charge on any atom is 0.137 e. The van der Waals surface area contributed by atoms with Crippen molar-refractivity contribution in [1.29, 1.82) is 0 Å². The predicted molar refractivity (Wildman–Crippen MR) is 77.8 cm³/mol. The van der Waals surface area contributed by atoms with Gasteiger partial charge in [0.25, 0.3) is 0 Å². The van der Waals surface area contributed by atoms with Crippen LogP contribution in [0.4, 0.5) is 11.6 Å². The molecule has 1 aliphatic rings. The van der Waals surface area contributed by atoms with Gasteiger partial charge in [-0.3, -0.25) is 0 Å². The Hall–Kier alpha value is -1.36. The van der Waals surface area contributed by atoms with Gasteiger partial charge in [-0.1, -0.05) is 13.8 Å². The number of hydrogen-bond acceptors (Lipinski definition) is 5. The smallest absolute Gasteiger partial charge is 0.137 e. The number of ether oxygens (including phenoxy) is 1. The Kier molecular flexibility index (Phi) is 4.96. The van der Waals surface area contributed by atoms with Crippen molar-refractivity contribution in [2.75, 3.05) is 36.5 Å². The van der Waals surface area contributed by atoms with Crippen molar-refractivity contribution in [3.63, 3.8) is 0 Å². The molecular weight excluding hydrogens is 240 g/mol. The van der Waals surface area contributed by atoms with Crippen LogP contribution in [0.3, 0.4) is 0 Å². The molecule has 0 amide bonds. The summed E-state index contributed by atoms with van der Waals surface area (Å²) in [7, 11) is 0. The fourth-order valence-electron chi connectivity index (χ4n) is 2.48. The highest BCUT2D eigenvalue weighted by atomic mass is 16.5. The molecule has 1 aromatic heterocycles. The molecule has 0 aliphatic carbocycles. The molecule has 1 N–H and O–H groups in total. The van der Waals surface area contributed by atoms with Crippen molar-refractivity contribution in [3.8, 4) is 0 Å². The van der Waals surface area contributed by atoms with Crippen LogP contribution < -0.4 is 10.2 Å². The number of morpholine rings is 1. The lowest BCUT2D eigenvalue weighted by atomic mass is 10.1. The number of hydrogen-bond donors (Lipinski definition) is 1. The van der Waals surface area contributed by atoms with Gasteiger partial charge < -0.3 is 15.0 Å². The third-order valence-corrected chi connectivity index (χ3v) is 3.51. The van der Waals surface area contributed by atoms with Crippen LogP contribution in [0.25, 0.3) is 0 Å². The molecule has 1 fully saturated rings. The molecule has 19 heavy (non-hydrogen) atoms. The van der Waals surface area contributed by atoms with Crippen LogP contribution in [-0.4, -0.2) is 42.3 Å². The third-order valence-electron chi connectivity index (χ3n) is 3.51. The molecular formula is C14H24N4O. The standard InChI is InChI=1S/C14H24N4O/c1-4-11-9-18(7-8-19-11)14-12(5-2)13(15-6-3)16-10-17-14/h10-11H,4-9H2,1-3H3,(H,15,16,17). The summed E-state index contributed by atoms with van der Waals surface area (Å²) < 4.78 is 5.73. The second kappa shape index (κ2) is 6.70. The van der Waals surface area contributed by atoms with E-state index in [1.807, 2.05) is 0 Å². The van der Waals surface area contributed by atoms with Gasteiger partial charge in [0.05, 0.1) is 12.7 Å². The summed E-state index contributed by atoms with van der Waals surface area (Å²) in [5.74, 6) is 2.03. The average molecular weight is 264 g/mol. The maximum absolute atomic E-state index is 5.73. The maximum atomic E-state index is 5.73. The highest BCUT2D eigenvalue weighted by Gasteiger charge is 2.23. The summed E-state index contributed by atoms with van der Waals surface area (Å²) in [5.41, 5.74) is 1.21. The summed E-state index contributed by atoms with van der Waals surface area (Å²) >= 11 is 0. The molecule has 2 rings (SSSR count). The Morgan fingerprint density at radius 1 is 1.37 bits per heavy atom. The topological polar surface area (TPSA) is 50.3 Å². The third kappa shape index (κ3) is 3.15. The van der Waals surface area contributed by atoms with Crippen molar-refractivity contribution in [1.82, 2.24) is 9.97 Å². The van der Waals surface area contributed by atoms with Crippen LogP contribution in [0.2, 0.25) is 0 Å². The minimum atomic E-state index is 0.316. The number of aromatic nitrogens is 2. The van der Waals surface area contributed by atoms with Crippen LogP contribution in [0.5, 0.6) is 0 Å². The summed E-state index contributed by atoms with van der Waals surface area (Å²) in [6, 6.07) is 0. The van der Waals surface area contributed by atoms with Crippen molar-refractivity contribution < 1.29 is 4.74 Å². The van der Waals surface area contributed by atoms with Crippen LogP contribution in [0, 0.1) is 0 Å². The summed E-state index contributed by atoms with van der Waals surface area (Å²) in [4.78, 5) is 11.2. The van der Waals surface area contributed by atoms with Gasteiger partial charge in [-0.05, 0) is 19.8 Å². The fraction of sp³-hybridized carbons (Fsp3) is 0.714. The van der Waals surface area contributed by atoms with Crippen molar-refractivity contribution in [2.24, 2.45) is 0 Å². The minimum absolute atomic E-state index is 0.316. The highest BCUT2D eigenvalue weighted by Crippen LogP contribution is 2.25. The molecule has 1 unspecified atom stereocenters. The fourth-order valence-corrected chi connectivity index (χ4v) is 2.48. The van der Waals surface area contributed by atoms with Crippen LogP contribution in [0.15, 0.2) is 6.33 Å². The molecule has 1 aromatic rings. The molecule has 0 aromatic carbocycles. The Morgan fingerprint density at radius 3 is 2.89 bits per heavy atom. The first-order chi connectivity index (χ1) is 9.30. The molecule has 106 valence electrons. The Morgan fingerprint density at radius 2 is 2.21 bits per heavy atom. The van der Waals surface area contributed by atoms with Crippen LogP contribution >= 0.6 is 0 Å². The average Bonchev–Trinajstić information content (AvgIpc) is 2.47. The molecule has 2 heterocycles. The van der Waals surface area contributed by atoms with E-state index >= 15 is 0 Å². The molecule has 5 nitrogen and oxygen atoms in total. The van der Waals surface area contributed by atoms with E-state index in [1.54, 1.807) is 6.33 Å². The van der Waals surface area contributed by atoms with E-state index in [0.717, 1.165) is 50.7 Å². The molecule has 0 spiro atoms. The minimum Gasteiger partial charge on any atom is -0.375 e. The Labute approximate surface area is 115 Å². The second-order valence-corrected chi connectivity index (χ2v) is 4.76. The summed E-state index contributed by atoms with van der Waals surface area (Å²) in [6.45, 7) is 9.90. The van der Waals surface area contributed by atoms with Gasteiger partial charge in [-0.15, -0.1) is 0 Å². The van der Waals surface area contributed by atoms with Crippen molar-refractivity contribution in [3.05, 3.63) is 11.9 Å². The summed E-state index contributed by atoms with van der Waals surface area (Å²) in [5, 5.41) is 3.32. The van der Waals surface area contributed by atoms with Gasteiger partial charge in [0.2, 0.25) is 0 Å². The van der Waals surface area contributed by atoms with Gasteiger partial charge in [-0.25, -0.2) is 9.97 Å². The zero-order chi connectivity index (χ0) is 13.7. The first kappa shape index (κ1) is 14.1. The van der Waals surface area contributed by atoms with Gasteiger partial charge in [0.15, 0.2) is 0 Å². The molecule has 1 atom stereocenters. The summed E-state index contributed by atoms with van der Waals surface area (Å²) in [6.07, 6.45) is 3.95. The Bertz CT molecular complexity index is 410. The molecule has 0 radical (unpaired) electrons. The van der Waals surface area contributed by atoms with E-state index < -0.39 is 0 Å². The van der Waals surface area contributed by atoms with Gasteiger partial charge in [-0.2, -0.15) is 0 Å². The van der Waals surface area contributed by atoms with Crippen LogP contribution in [-0.2, 0) is 11.2 Å². The lowest BCUT2D eigenvalue weighted by molar-refractivity contribution is 0.0381. The van der Waals surface area contributed by atoms with E-state index in [4.69, 9.17) is 4.74 Å². The number of nitrogens with one attached hydrogen (secondary N) is 1. The quantitative estimate of drug-likeness (QED) is 0.882. The SMILES string of the molecule is CCNc1ncnc(N2CCOC(CC)C2)c1CC. The number of anilines is 2. The molecule has 5 heteroatoms. The largest absolute Gasteiger partial charge is 0.375 e. The lowest BCUT2D eigenvalue weighted by Crippen LogP contribution is -2.43. The van der Waals surface area contributed by atoms with E-state index in [9.17, 15) is 0 Å². The Balaban J connectivity index is 2.25. The molecule has 1 aliphatic heterocycles. The number of nitrogens with zero attached hydrogens (tertiary/aromatic N) is 3. The van der Waals surface area contributed by atoms with Gasteiger partial charge in [0, 0.05) is 25.2 Å². The van der Waals surface area contributed by atoms with E-state index in [2.05, 4.69) is 41.0 Å². The van der Waals surface area contributed by atoms with Gasteiger partial charge >= 0.3 is 0 Å². The molecule has 1 saturated heterocycles. The lowest BCUT2D eigenvalue weighted by Gasteiger charge is -2.34. The first-order valence-electron chi connectivity index (χ1n) is 7.24. The highest BCUT2D eigenvalue weighted by molar-refractivity contribution is 5.59. The molecule has 0 saturated carbocycles. The van der Waals surface area contributed by atoms with E-state index in [-0.39, 0.29) is 0 Å². The first-order valence-corrected chi connectivity index (χ1v) is 7.24. The van der Waals surface area contributed by atoms with Crippen LogP contribution in [0.1, 0.15) is 32.8 Å². The van der Waals surface area contributed by atoms with Crippen molar-refractivity contribution >= 4 is 11.6 Å². The van der Waals surface area contributed by atoms with Gasteiger partial charge in [0.1, 0.15) is 18.0 Å². The predicted octanol–water partition coefficient (Wildman–Crippen LogP) is 2.09. The molecule has 0 bridgehead atoms. The van der Waals surface area contributed by atoms with E-state index in [1.165, 1.54) is 5.56 Å². The normalized spacial score (nSPS) is 19.5. The van der Waals surface area contributed by atoms with Crippen molar-refractivity contribution in [2.45, 2.75) is 39.7 Å². The second-order valence-electron chi connectivity index (χ2n) is 4.76. The number of rotatable bonds is 5. The monoisotopic (exact) mass is 264 g/mol. The van der Waals surface area contributed by atoms with E-state index in [0.29, 0.717) is 6.10 Å². The zero-order valence-electron chi connectivity index (χ0n) is 12.1.